The zero-order valence-corrected chi connectivity index (χ0v) is 31.5. The highest BCUT2D eigenvalue weighted by molar-refractivity contribution is 7.85. The minimum atomic E-state index is -4.27. The number of nitrogens with zero attached hydrogens (tertiary/aromatic N) is 3. The van der Waals surface area contributed by atoms with Crippen molar-refractivity contribution in [3.8, 4) is 23.8 Å². The number of hydrogen-bond donors (Lipinski definition) is 1. The lowest BCUT2D eigenvalue weighted by molar-refractivity contribution is -0.0947. The molecule has 0 unspecified atom stereocenters. The third-order valence-corrected chi connectivity index (χ3v) is 15.6. The molecule has 0 aromatic heterocycles. The summed E-state index contributed by atoms with van der Waals surface area (Å²) >= 11 is 0. The van der Waals surface area contributed by atoms with Gasteiger partial charge in [-0.1, -0.05) is 54.4 Å². The van der Waals surface area contributed by atoms with Gasteiger partial charge in [-0.05, 0) is 61.5 Å². The fraction of sp³-hybridized carbons (Fsp3) is 0.750. The van der Waals surface area contributed by atoms with Crippen LogP contribution in [0.1, 0.15) is 91.2 Å². The van der Waals surface area contributed by atoms with Crippen LogP contribution in [-0.4, -0.2) is 94.2 Å². The Balaban J connectivity index is 1.80. The van der Waals surface area contributed by atoms with Gasteiger partial charge < -0.3 is 13.5 Å². The molecule has 1 N–H and O–H groups in total. The van der Waals surface area contributed by atoms with Gasteiger partial charge in [-0.15, -0.1) is 6.42 Å². The molecule has 0 amide bonds. The Morgan fingerprint density at radius 3 is 1.88 bits per heavy atom. The molecule has 16 heteroatoms. The minimum absolute atomic E-state index is 0.00966. The molecule has 2 fully saturated rings. The number of aryl methyl sites for hydroxylation is 1. The number of aliphatic hydroxyl groups is 1. The topological polar surface area (TPSA) is 160 Å². The summed E-state index contributed by atoms with van der Waals surface area (Å²) in [5.41, 5.74) is -1.41. The smallest absolute Gasteiger partial charge is 0.374 e. The molecule has 0 heterocycles. The summed E-state index contributed by atoms with van der Waals surface area (Å²) < 4.78 is 99.9. The van der Waals surface area contributed by atoms with Crippen LogP contribution in [0.3, 0.4) is 0 Å². The zero-order valence-electron chi connectivity index (χ0n) is 29.0. The van der Waals surface area contributed by atoms with E-state index in [0.29, 0.717) is 36.8 Å². The van der Waals surface area contributed by atoms with Gasteiger partial charge in [0.15, 0.2) is 11.4 Å². The van der Waals surface area contributed by atoms with Gasteiger partial charge in [-0.3, -0.25) is 4.18 Å². The fourth-order valence-electron chi connectivity index (χ4n) is 8.30. The summed E-state index contributed by atoms with van der Waals surface area (Å²) in [6.45, 7) is 13.2. The van der Waals surface area contributed by atoms with E-state index in [9.17, 15) is 30.4 Å². The van der Waals surface area contributed by atoms with E-state index in [1.165, 1.54) is 14.7 Å². The maximum atomic E-state index is 13.4. The first kappa shape index (κ1) is 38.8. The molecule has 0 bridgehead atoms. The maximum Gasteiger partial charge on any atom is 0.385 e. The molecular weight excluding hydrogens is 683 g/mol. The molecule has 0 aliphatic heterocycles. The van der Waals surface area contributed by atoms with E-state index in [1.54, 1.807) is 47.6 Å². The Labute approximate surface area is 287 Å². The Bertz CT molecular complexity index is 1700. The molecular formula is C32H51N3O10S3. The Morgan fingerprint density at radius 1 is 0.833 bits per heavy atom. The molecule has 1 aromatic carbocycles. The van der Waals surface area contributed by atoms with Crippen LogP contribution in [-0.2, 0) is 41.5 Å². The summed E-state index contributed by atoms with van der Waals surface area (Å²) in [5.74, 6) is 1.80. The van der Waals surface area contributed by atoms with Gasteiger partial charge in [-0.25, -0.2) is 0 Å². The highest BCUT2D eigenvalue weighted by Gasteiger charge is 2.67. The van der Waals surface area contributed by atoms with E-state index in [1.807, 2.05) is 6.92 Å². The molecule has 0 radical (unpaired) electrons. The zero-order chi connectivity index (χ0) is 35.9. The van der Waals surface area contributed by atoms with Crippen LogP contribution in [0.25, 0.3) is 0 Å². The standard InChI is InChI=1S/C32H51N3O10S3/c1-9-32(36)29(45-48(41,42)35(14-6)15-7)22-27-25-17-16-23-20-24(43-46(37,38)33(10-2)11-3)21-28(44-47(39,40)34(12-4)13-5)30(23)26(25)18-19-31(27,32)8/h1,20-21,25-27,29,36H,10-19,22H2,2-8H3/t25-,26-,27-,29+,31-,32-/m0/s1. The summed E-state index contributed by atoms with van der Waals surface area (Å²) in [5, 5.41) is 12.0. The van der Waals surface area contributed by atoms with Crippen LogP contribution in [0.4, 0.5) is 0 Å². The normalized spacial score (nSPS) is 29.0. The van der Waals surface area contributed by atoms with E-state index in [4.69, 9.17) is 19.0 Å². The molecule has 6 atom stereocenters. The van der Waals surface area contributed by atoms with Crippen molar-refractivity contribution in [2.75, 3.05) is 39.3 Å². The SMILES string of the molecule is C#C[C@]1(O)[C@H](OS(=O)(=O)N(CC)CC)C[C@H]2[C@H]3CCc4cc(OS(=O)(=O)N(CC)CC)cc(OS(=O)(=O)N(CC)CC)c4[C@H]3CC[C@@]21C. The number of hydrogen-bond acceptors (Lipinski definition) is 10. The van der Waals surface area contributed by atoms with Crippen molar-refractivity contribution in [1.29, 1.82) is 0 Å². The molecule has 48 heavy (non-hydrogen) atoms. The highest BCUT2D eigenvalue weighted by Crippen LogP contribution is 2.65. The number of fused-ring (bicyclic) bond motifs is 5. The van der Waals surface area contributed by atoms with E-state index in [0.717, 1.165) is 4.31 Å². The molecule has 0 saturated heterocycles. The number of terminal acetylenes is 1. The van der Waals surface area contributed by atoms with Crippen molar-refractivity contribution in [3.63, 3.8) is 0 Å². The van der Waals surface area contributed by atoms with Crippen molar-refractivity contribution in [2.45, 2.75) is 98.2 Å². The van der Waals surface area contributed by atoms with Gasteiger partial charge in [0.1, 0.15) is 11.9 Å². The lowest BCUT2D eigenvalue weighted by Crippen LogP contribution is -2.54. The summed E-state index contributed by atoms with van der Waals surface area (Å²) in [4.78, 5) is 0. The Morgan fingerprint density at radius 2 is 1.35 bits per heavy atom. The van der Waals surface area contributed by atoms with Crippen LogP contribution in [0.15, 0.2) is 12.1 Å². The monoisotopic (exact) mass is 733 g/mol. The average Bonchev–Trinajstić information content (AvgIpc) is 3.23. The van der Waals surface area contributed by atoms with Crippen LogP contribution in [0, 0.1) is 29.6 Å². The Kier molecular flexibility index (Phi) is 11.6. The van der Waals surface area contributed by atoms with Crippen molar-refractivity contribution >= 4 is 30.9 Å². The van der Waals surface area contributed by atoms with Crippen LogP contribution in [0.5, 0.6) is 11.5 Å². The third kappa shape index (κ3) is 6.73. The second kappa shape index (κ2) is 14.3. The lowest BCUT2D eigenvalue weighted by atomic mass is 9.53. The van der Waals surface area contributed by atoms with Crippen molar-refractivity contribution in [2.24, 2.45) is 17.3 Å². The summed E-state index contributed by atoms with van der Waals surface area (Å²) in [6, 6.07) is 2.96. The van der Waals surface area contributed by atoms with Gasteiger partial charge in [0.2, 0.25) is 0 Å². The van der Waals surface area contributed by atoms with Gasteiger partial charge in [0.05, 0.1) is 0 Å². The molecule has 3 aliphatic rings. The summed E-state index contributed by atoms with van der Waals surface area (Å²) in [6.07, 6.45) is 6.90. The van der Waals surface area contributed by atoms with E-state index < -0.39 is 48.0 Å². The van der Waals surface area contributed by atoms with Crippen LogP contribution >= 0.6 is 0 Å². The second-order valence-electron chi connectivity index (χ2n) is 12.9. The van der Waals surface area contributed by atoms with Gasteiger partial charge in [0, 0.05) is 56.3 Å². The van der Waals surface area contributed by atoms with E-state index in [2.05, 4.69) is 5.92 Å². The van der Waals surface area contributed by atoms with Gasteiger partial charge in [0.25, 0.3) is 0 Å². The molecule has 2 saturated carbocycles. The first-order valence-corrected chi connectivity index (χ1v) is 21.0. The molecule has 272 valence electrons. The van der Waals surface area contributed by atoms with Crippen molar-refractivity contribution in [1.82, 2.24) is 12.9 Å². The molecule has 1 aromatic rings. The lowest BCUT2D eigenvalue weighted by Gasteiger charge is -2.52. The quantitative estimate of drug-likeness (QED) is 0.265. The first-order chi connectivity index (χ1) is 22.4. The first-order valence-electron chi connectivity index (χ1n) is 16.9. The minimum Gasteiger partial charge on any atom is -0.374 e. The summed E-state index contributed by atoms with van der Waals surface area (Å²) in [7, 11) is -12.6. The molecule has 13 nitrogen and oxygen atoms in total. The second-order valence-corrected chi connectivity index (χ2v) is 17.5. The fourth-order valence-corrected chi connectivity index (χ4v) is 11.7. The third-order valence-electron chi connectivity index (χ3n) is 10.9. The Hall–Kier alpha value is -1.97. The van der Waals surface area contributed by atoms with Crippen LogP contribution < -0.4 is 8.37 Å². The molecule has 3 aliphatic carbocycles. The maximum absolute atomic E-state index is 13.4. The predicted octanol–water partition coefficient (Wildman–Crippen LogP) is 3.42. The largest absolute Gasteiger partial charge is 0.385 e. The predicted molar refractivity (Wildman–Crippen MR) is 182 cm³/mol. The van der Waals surface area contributed by atoms with Crippen molar-refractivity contribution in [3.05, 3.63) is 23.3 Å². The van der Waals surface area contributed by atoms with E-state index in [-0.39, 0.29) is 74.9 Å². The van der Waals surface area contributed by atoms with Crippen molar-refractivity contribution < 1.29 is 42.9 Å². The average molecular weight is 734 g/mol. The highest BCUT2D eigenvalue weighted by atomic mass is 32.2. The van der Waals surface area contributed by atoms with Gasteiger partial charge >= 0.3 is 30.9 Å². The number of benzene rings is 1. The number of rotatable bonds is 15. The molecule has 4 rings (SSSR count). The van der Waals surface area contributed by atoms with E-state index >= 15 is 0 Å². The molecule has 0 spiro atoms. The van der Waals surface area contributed by atoms with Gasteiger partial charge in [-0.2, -0.15) is 38.2 Å². The van der Waals surface area contributed by atoms with Crippen LogP contribution in [0.2, 0.25) is 0 Å².